The van der Waals surface area contributed by atoms with Crippen molar-refractivity contribution in [3.63, 3.8) is 0 Å². The van der Waals surface area contributed by atoms with E-state index in [9.17, 15) is 4.79 Å². The Morgan fingerprint density at radius 3 is 2.91 bits per heavy atom. The molecule has 1 amide bonds. The summed E-state index contributed by atoms with van der Waals surface area (Å²) in [5.74, 6) is 2.80. The molecule has 2 atom stereocenters. The molecule has 2 aromatic rings. The second-order valence-electron chi connectivity index (χ2n) is 5.95. The number of aromatic nitrogens is 4. The van der Waals surface area contributed by atoms with Gasteiger partial charge in [-0.1, -0.05) is 0 Å². The van der Waals surface area contributed by atoms with E-state index in [4.69, 9.17) is 0 Å². The Balaban J connectivity index is 1.49. The Morgan fingerprint density at radius 2 is 2.14 bits per heavy atom. The lowest BCUT2D eigenvalue weighted by atomic mass is 9.91. The lowest BCUT2D eigenvalue weighted by molar-refractivity contribution is -0.119. The van der Waals surface area contributed by atoms with E-state index in [1.807, 2.05) is 12.3 Å². The summed E-state index contributed by atoms with van der Waals surface area (Å²) in [7, 11) is 0. The molecule has 7 nitrogen and oxygen atoms in total. The third kappa shape index (κ3) is 2.43. The van der Waals surface area contributed by atoms with Crippen LogP contribution in [-0.2, 0) is 4.79 Å². The van der Waals surface area contributed by atoms with Gasteiger partial charge >= 0.3 is 0 Å². The van der Waals surface area contributed by atoms with Crippen molar-refractivity contribution in [1.82, 2.24) is 25.1 Å². The van der Waals surface area contributed by atoms with Gasteiger partial charge in [0.2, 0.25) is 5.91 Å². The van der Waals surface area contributed by atoms with E-state index in [0.29, 0.717) is 18.3 Å². The number of carbonyl (C=O) groups is 1. The van der Waals surface area contributed by atoms with E-state index in [1.165, 1.54) is 0 Å². The van der Waals surface area contributed by atoms with Crippen LogP contribution in [-0.4, -0.2) is 45.3 Å². The van der Waals surface area contributed by atoms with Gasteiger partial charge in [-0.3, -0.25) is 9.78 Å². The molecule has 0 bridgehead atoms. The van der Waals surface area contributed by atoms with Gasteiger partial charge in [0.05, 0.1) is 12.4 Å². The highest BCUT2D eigenvalue weighted by molar-refractivity contribution is 5.78. The van der Waals surface area contributed by atoms with E-state index >= 15 is 0 Å². The van der Waals surface area contributed by atoms with Crippen molar-refractivity contribution >= 4 is 11.7 Å². The maximum atomic E-state index is 11.4. The van der Waals surface area contributed by atoms with Crippen molar-refractivity contribution in [2.45, 2.75) is 12.8 Å². The van der Waals surface area contributed by atoms with Crippen molar-refractivity contribution in [2.24, 2.45) is 11.8 Å². The largest absolute Gasteiger partial charge is 0.356 e. The molecule has 0 radical (unpaired) electrons. The smallest absolute Gasteiger partial charge is 0.220 e. The van der Waals surface area contributed by atoms with Crippen molar-refractivity contribution in [2.75, 3.05) is 24.5 Å². The molecule has 2 aromatic heterocycles. The molecule has 0 aromatic carbocycles. The first-order valence-corrected chi connectivity index (χ1v) is 7.63. The van der Waals surface area contributed by atoms with Crippen LogP contribution in [0.2, 0.25) is 0 Å². The normalized spacial score (nSPS) is 24.7. The number of nitrogens with one attached hydrogen (secondary N) is 1. The first-order chi connectivity index (χ1) is 10.8. The topological polar surface area (TPSA) is 75.9 Å². The molecule has 2 unspecified atom stereocenters. The SMILES string of the molecule is O=C1CC(C2CCN(c3cncc(-n4cccn4)n3)C2)CN1. The Labute approximate surface area is 128 Å². The number of carbonyl (C=O) groups excluding carboxylic acids is 1. The lowest BCUT2D eigenvalue weighted by Gasteiger charge is -2.19. The maximum absolute atomic E-state index is 11.4. The van der Waals surface area contributed by atoms with Crippen LogP contribution < -0.4 is 10.2 Å². The summed E-state index contributed by atoms with van der Waals surface area (Å²) in [5, 5.41) is 7.12. The highest BCUT2D eigenvalue weighted by Crippen LogP contribution is 2.30. The zero-order valence-electron chi connectivity index (χ0n) is 12.2. The zero-order valence-corrected chi connectivity index (χ0v) is 12.2. The molecule has 1 N–H and O–H groups in total. The minimum Gasteiger partial charge on any atom is -0.356 e. The fourth-order valence-electron chi connectivity index (χ4n) is 3.35. The summed E-state index contributed by atoms with van der Waals surface area (Å²) in [5.41, 5.74) is 0. The van der Waals surface area contributed by atoms with Gasteiger partial charge in [0.1, 0.15) is 5.82 Å². The van der Waals surface area contributed by atoms with Crippen LogP contribution in [0.15, 0.2) is 30.9 Å². The average Bonchev–Trinajstić information content (AvgIpc) is 3.28. The Bertz CT molecular complexity index is 670. The molecule has 4 rings (SSSR count). The molecule has 0 spiro atoms. The van der Waals surface area contributed by atoms with Crippen LogP contribution in [0.1, 0.15) is 12.8 Å². The summed E-state index contributed by atoms with van der Waals surface area (Å²) >= 11 is 0. The highest BCUT2D eigenvalue weighted by Gasteiger charge is 2.34. The number of nitrogens with zero attached hydrogens (tertiary/aromatic N) is 5. The van der Waals surface area contributed by atoms with Gasteiger partial charge in [-0.05, 0) is 24.3 Å². The Kier molecular flexibility index (Phi) is 3.25. The third-order valence-electron chi connectivity index (χ3n) is 4.57. The fraction of sp³-hybridized carbons (Fsp3) is 0.467. The Hall–Kier alpha value is -2.44. The van der Waals surface area contributed by atoms with Crippen LogP contribution >= 0.6 is 0 Å². The molecule has 2 fully saturated rings. The van der Waals surface area contributed by atoms with E-state index in [-0.39, 0.29) is 5.91 Å². The fourth-order valence-corrected chi connectivity index (χ4v) is 3.35. The van der Waals surface area contributed by atoms with Gasteiger partial charge in [0.15, 0.2) is 5.82 Å². The Morgan fingerprint density at radius 1 is 1.23 bits per heavy atom. The highest BCUT2D eigenvalue weighted by atomic mass is 16.1. The van der Waals surface area contributed by atoms with Gasteiger partial charge < -0.3 is 10.2 Å². The van der Waals surface area contributed by atoms with Crippen molar-refractivity contribution in [1.29, 1.82) is 0 Å². The summed E-state index contributed by atoms with van der Waals surface area (Å²) < 4.78 is 1.71. The number of hydrogen-bond acceptors (Lipinski definition) is 5. The molecule has 0 aliphatic carbocycles. The van der Waals surface area contributed by atoms with Gasteiger partial charge in [-0.2, -0.15) is 5.10 Å². The van der Waals surface area contributed by atoms with Crippen LogP contribution in [0, 0.1) is 11.8 Å². The molecular formula is C15H18N6O. The number of hydrogen-bond donors (Lipinski definition) is 1. The van der Waals surface area contributed by atoms with Crippen molar-refractivity contribution in [3.8, 4) is 5.82 Å². The minimum absolute atomic E-state index is 0.184. The summed E-state index contributed by atoms with van der Waals surface area (Å²) in [6.45, 7) is 2.72. The molecule has 2 saturated heterocycles. The summed E-state index contributed by atoms with van der Waals surface area (Å²) in [4.78, 5) is 22.6. The van der Waals surface area contributed by atoms with E-state index in [0.717, 1.165) is 37.7 Å². The van der Waals surface area contributed by atoms with Crippen LogP contribution in [0.4, 0.5) is 5.82 Å². The molecule has 0 saturated carbocycles. The molecule has 7 heteroatoms. The van der Waals surface area contributed by atoms with Crippen LogP contribution in [0.5, 0.6) is 0 Å². The first kappa shape index (κ1) is 13.2. The van der Waals surface area contributed by atoms with Crippen LogP contribution in [0.3, 0.4) is 0 Å². The molecule has 22 heavy (non-hydrogen) atoms. The van der Waals surface area contributed by atoms with Gasteiger partial charge in [0, 0.05) is 38.4 Å². The van der Waals surface area contributed by atoms with E-state index < -0.39 is 0 Å². The third-order valence-corrected chi connectivity index (χ3v) is 4.57. The molecule has 2 aliphatic heterocycles. The van der Waals surface area contributed by atoms with Gasteiger partial charge in [0.25, 0.3) is 0 Å². The molecule has 4 heterocycles. The molecule has 2 aliphatic rings. The monoisotopic (exact) mass is 298 g/mol. The second kappa shape index (κ2) is 5.40. The number of amides is 1. The van der Waals surface area contributed by atoms with Crippen molar-refractivity contribution < 1.29 is 4.79 Å². The molecular weight excluding hydrogens is 280 g/mol. The zero-order chi connectivity index (χ0) is 14.9. The number of rotatable bonds is 3. The van der Waals surface area contributed by atoms with Crippen LogP contribution in [0.25, 0.3) is 5.82 Å². The quantitative estimate of drug-likeness (QED) is 0.899. The predicted octanol–water partition coefficient (Wildman–Crippen LogP) is 0.625. The first-order valence-electron chi connectivity index (χ1n) is 7.63. The van der Waals surface area contributed by atoms with Gasteiger partial charge in [-0.25, -0.2) is 9.67 Å². The average molecular weight is 298 g/mol. The van der Waals surface area contributed by atoms with E-state index in [2.05, 4.69) is 25.3 Å². The number of anilines is 1. The van der Waals surface area contributed by atoms with Gasteiger partial charge in [-0.15, -0.1) is 0 Å². The maximum Gasteiger partial charge on any atom is 0.220 e. The summed E-state index contributed by atoms with van der Waals surface area (Å²) in [6, 6.07) is 1.87. The molecule has 114 valence electrons. The summed E-state index contributed by atoms with van der Waals surface area (Å²) in [6.07, 6.45) is 8.86. The van der Waals surface area contributed by atoms with Crippen molar-refractivity contribution in [3.05, 3.63) is 30.9 Å². The van der Waals surface area contributed by atoms with E-state index in [1.54, 1.807) is 23.3 Å². The lowest BCUT2D eigenvalue weighted by Crippen LogP contribution is -2.25. The standard InChI is InChI=1S/C15H18N6O/c22-15-6-12(7-17-15)11-2-5-20(10-11)13-8-16-9-14(19-13)21-4-1-3-18-21/h1,3-4,8-9,11-12H,2,5-7,10H2,(H,17,22). The second-order valence-corrected chi connectivity index (χ2v) is 5.95. The minimum atomic E-state index is 0.184. The predicted molar refractivity (Wildman–Crippen MR) is 80.6 cm³/mol.